The van der Waals surface area contributed by atoms with E-state index in [2.05, 4.69) is 19.6 Å². The van der Waals surface area contributed by atoms with Gasteiger partial charge in [-0.2, -0.15) is 0 Å². The molecule has 0 aromatic carbocycles. The van der Waals surface area contributed by atoms with Crippen molar-refractivity contribution in [1.82, 2.24) is 0 Å². The molecule has 0 aromatic rings. The minimum Gasteiger partial charge on any atom is -0.501 e. The van der Waals surface area contributed by atoms with Gasteiger partial charge in [0.2, 0.25) is 0 Å². The smallest absolute Gasteiger partial charge is 0.0959 e. The Hall–Kier alpha value is -1.02. The first-order valence-corrected chi connectivity index (χ1v) is 10.4. The molecule has 2 heteroatoms. The van der Waals surface area contributed by atoms with E-state index in [1.807, 2.05) is 6.08 Å². The predicted octanol–water partition coefficient (Wildman–Crippen LogP) is 5.54. The third-order valence-corrected chi connectivity index (χ3v) is 8.43. The van der Waals surface area contributed by atoms with Crippen LogP contribution < -0.4 is 0 Å². The number of ether oxygens (including phenoxy) is 1. The van der Waals surface area contributed by atoms with Gasteiger partial charge in [0.15, 0.2) is 0 Å². The first kappa shape index (κ1) is 17.4. The molecule has 0 aliphatic heterocycles. The maximum atomic E-state index is 11.5. The average molecular weight is 343 g/mol. The fourth-order valence-corrected chi connectivity index (χ4v) is 7.28. The van der Waals surface area contributed by atoms with E-state index in [0.717, 1.165) is 49.7 Å². The molecule has 1 N–H and O–H groups in total. The molecule has 4 aliphatic rings. The molecule has 0 aromatic heterocycles. The number of hydrogen-bond acceptors (Lipinski definition) is 2. The van der Waals surface area contributed by atoms with Crippen molar-refractivity contribution < 1.29 is 9.84 Å². The Balaban J connectivity index is 1.63. The number of rotatable bonds is 4. The fourth-order valence-electron chi connectivity index (χ4n) is 7.28. The van der Waals surface area contributed by atoms with Gasteiger partial charge in [-0.15, -0.1) is 6.58 Å². The molecule has 0 spiro atoms. The normalized spacial score (nSPS) is 43.0. The summed E-state index contributed by atoms with van der Waals surface area (Å²) in [4.78, 5) is 0. The number of allylic oxidation sites excluding steroid dienone is 3. The van der Waals surface area contributed by atoms with Crippen LogP contribution in [0.4, 0.5) is 0 Å². The molecular weight excluding hydrogens is 308 g/mol. The molecule has 2 fully saturated rings. The first-order chi connectivity index (χ1) is 12.1. The molecule has 5 atom stereocenters. The van der Waals surface area contributed by atoms with Crippen molar-refractivity contribution in [3.63, 3.8) is 0 Å². The highest BCUT2D eigenvalue weighted by Crippen LogP contribution is 2.66. The van der Waals surface area contributed by atoms with E-state index in [4.69, 9.17) is 4.74 Å². The van der Waals surface area contributed by atoms with Crippen LogP contribution >= 0.6 is 0 Å². The first-order valence-electron chi connectivity index (χ1n) is 10.4. The van der Waals surface area contributed by atoms with Gasteiger partial charge >= 0.3 is 0 Å². The molecule has 4 rings (SSSR count). The van der Waals surface area contributed by atoms with Crippen molar-refractivity contribution in [2.45, 2.75) is 76.7 Å². The lowest BCUT2D eigenvalue weighted by molar-refractivity contribution is -0.118. The Labute approximate surface area is 153 Å². The molecule has 0 amide bonds. The lowest BCUT2D eigenvalue weighted by atomic mass is 9.51. The summed E-state index contributed by atoms with van der Waals surface area (Å²) in [5, 5.41) is 11.5. The van der Waals surface area contributed by atoms with Crippen molar-refractivity contribution in [3.05, 3.63) is 35.6 Å². The molecule has 0 bridgehead atoms. The Bertz CT molecular complexity index is 616. The van der Waals surface area contributed by atoms with Gasteiger partial charge < -0.3 is 9.84 Å². The van der Waals surface area contributed by atoms with Crippen LogP contribution in [-0.2, 0) is 4.74 Å². The highest BCUT2D eigenvalue weighted by Gasteiger charge is 2.62. The summed E-state index contributed by atoms with van der Waals surface area (Å²) in [6.07, 6.45) is 15.5. The maximum Gasteiger partial charge on any atom is 0.0959 e. The van der Waals surface area contributed by atoms with Gasteiger partial charge in [0.05, 0.1) is 18.5 Å². The van der Waals surface area contributed by atoms with E-state index in [1.165, 1.54) is 32.1 Å². The van der Waals surface area contributed by atoms with Crippen molar-refractivity contribution in [3.8, 4) is 0 Å². The number of methoxy groups -OCH3 is 1. The monoisotopic (exact) mass is 342 g/mol. The zero-order valence-electron chi connectivity index (χ0n) is 16.0. The van der Waals surface area contributed by atoms with Gasteiger partial charge in [-0.25, -0.2) is 0 Å². The Kier molecular flexibility index (Phi) is 4.38. The van der Waals surface area contributed by atoms with Gasteiger partial charge in [0.25, 0.3) is 0 Å². The number of hydrogen-bond donors (Lipinski definition) is 1. The minimum atomic E-state index is -0.510. The lowest BCUT2D eigenvalue weighted by Crippen LogP contribution is -2.52. The van der Waals surface area contributed by atoms with Crippen LogP contribution in [0.5, 0.6) is 0 Å². The molecule has 2 nitrogen and oxygen atoms in total. The van der Waals surface area contributed by atoms with Gasteiger partial charge in [0.1, 0.15) is 0 Å². The predicted molar refractivity (Wildman–Crippen MR) is 102 cm³/mol. The van der Waals surface area contributed by atoms with Crippen LogP contribution in [0.3, 0.4) is 0 Å². The van der Waals surface area contributed by atoms with Crippen LogP contribution in [-0.4, -0.2) is 17.8 Å². The van der Waals surface area contributed by atoms with Gasteiger partial charge in [-0.05, 0) is 81.6 Å². The number of aliphatic hydroxyl groups is 1. The van der Waals surface area contributed by atoms with Crippen LogP contribution in [0.15, 0.2) is 35.6 Å². The largest absolute Gasteiger partial charge is 0.501 e. The van der Waals surface area contributed by atoms with Gasteiger partial charge in [-0.3, -0.25) is 0 Å². The summed E-state index contributed by atoms with van der Waals surface area (Å²) >= 11 is 0. The summed E-state index contributed by atoms with van der Waals surface area (Å²) in [5.74, 6) is 3.40. The van der Waals surface area contributed by atoms with E-state index in [-0.39, 0.29) is 5.41 Å². The quantitative estimate of drug-likeness (QED) is 0.680. The highest BCUT2D eigenvalue weighted by atomic mass is 16.5. The molecule has 0 saturated heterocycles. The minimum absolute atomic E-state index is 0.128. The van der Waals surface area contributed by atoms with Crippen LogP contribution in [0.2, 0.25) is 0 Å². The molecule has 25 heavy (non-hydrogen) atoms. The van der Waals surface area contributed by atoms with Crippen molar-refractivity contribution >= 4 is 0 Å². The summed E-state index contributed by atoms with van der Waals surface area (Å²) in [6, 6.07) is 0. The van der Waals surface area contributed by atoms with E-state index in [9.17, 15) is 5.11 Å². The Morgan fingerprint density at radius 1 is 1.32 bits per heavy atom. The second-order valence-electron chi connectivity index (χ2n) is 8.91. The standard InChI is InChI=1S/C23H34O2/c1-4-12-23(24)14-11-21-20-8-6-16-15-17(25-3)7-9-18(16)19(20)10-13-22(21,23)5-2/h4,7,19-21,24H,1,5-6,8-15H2,2-3H3/t19-,20-,21+,22+,23+/m1/s1. The van der Waals surface area contributed by atoms with Crippen molar-refractivity contribution in [2.24, 2.45) is 23.2 Å². The average Bonchev–Trinajstić information content (AvgIpc) is 2.94. The van der Waals surface area contributed by atoms with Crippen LogP contribution in [0, 0.1) is 23.2 Å². The molecule has 2 saturated carbocycles. The molecule has 0 heterocycles. The van der Waals surface area contributed by atoms with Crippen molar-refractivity contribution in [2.75, 3.05) is 7.11 Å². The summed E-state index contributed by atoms with van der Waals surface area (Å²) in [5.41, 5.74) is 3.02. The van der Waals surface area contributed by atoms with Gasteiger partial charge in [-0.1, -0.05) is 24.1 Å². The van der Waals surface area contributed by atoms with Crippen LogP contribution in [0.25, 0.3) is 0 Å². The number of fused-ring (bicyclic) bond motifs is 4. The summed E-state index contributed by atoms with van der Waals surface area (Å²) < 4.78 is 5.52. The Morgan fingerprint density at radius 2 is 2.16 bits per heavy atom. The molecule has 0 unspecified atom stereocenters. The van der Waals surface area contributed by atoms with Crippen molar-refractivity contribution in [1.29, 1.82) is 0 Å². The summed E-state index contributed by atoms with van der Waals surface area (Å²) in [7, 11) is 1.80. The Morgan fingerprint density at radius 3 is 2.88 bits per heavy atom. The summed E-state index contributed by atoms with van der Waals surface area (Å²) in [6.45, 7) is 6.25. The zero-order chi connectivity index (χ0) is 17.7. The van der Waals surface area contributed by atoms with Crippen LogP contribution in [0.1, 0.15) is 71.1 Å². The maximum absolute atomic E-state index is 11.5. The second-order valence-corrected chi connectivity index (χ2v) is 8.91. The molecule has 138 valence electrons. The third kappa shape index (κ3) is 2.40. The topological polar surface area (TPSA) is 29.5 Å². The molecule has 4 aliphatic carbocycles. The van der Waals surface area contributed by atoms with Gasteiger partial charge in [0, 0.05) is 11.8 Å². The highest BCUT2D eigenvalue weighted by molar-refractivity contribution is 5.33. The molecule has 0 radical (unpaired) electrons. The molecular formula is C23H34O2. The fraction of sp³-hybridized carbons (Fsp3) is 0.739. The van der Waals surface area contributed by atoms with E-state index >= 15 is 0 Å². The SMILES string of the molecule is C=CC[C@]1(O)CC[C@H]2[C@@H]3CCC4=C(CC=C(OC)C4)[C@H]3CC[C@@]21CC. The second kappa shape index (κ2) is 6.30. The lowest BCUT2D eigenvalue weighted by Gasteiger charge is -2.55. The van der Waals surface area contributed by atoms with E-state index in [0.29, 0.717) is 5.92 Å². The van der Waals surface area contributed by atoms with E-state index < -0.39 is 5.60 Å². The third-order valence-electron chi connectivity index (χ3n) is 8.43. The zero-order valence-corrected chi connectivity index (χ0v) is 16.0. The van der Waals surface area contributed by atoms with E-state index in [1.54, 1.807) is 18.3 Å².